The summed E-state index contributed by atoms with van der Waals surface area (Å²) >= 11 is 0. The summed E-state index contributed by atoms with van der Waals surface area (Å²) in [7, 11) is 0. The minimum atomic E-state index is 0.0810. The molecule has 2 aliphatic rings. The zero-order valence-corrected chi connectivity index (χ0v) is 9.30. The maximum absolute atomic E-state index is 9.30. The van der Waals surface area contributed by atoms with E-state index in [-0.39, 0.29) is 18.6 Å². The normalized spacial score (nSPS) is 29.3. The second-order valence-corrected chi connectivity index (χ2v) is 4.57. The van der Waals surface area contributed by atoms with Crippen molar-refractivity contribution in [3.63, 3.8) is 0 Å². The minimum absolute atomic E-state index is 0.0810. The van der Waals surface area contributed by atoms with Gasteiger partial charge in [-0.2, -0.15) is 5.10 Å². The zero-order chi connectivity index (χ0) is 11.0. The van der Waals surface area contributed by atoms with Gasteiger partial charge in [-0.3, -0.25) is 0 Å². The van der Waals surface area contributed by atoms with Crippen LogP contribution >= 0.6 is 0 Å². The second kappa shape index (κ2) is 4.14. The summed E-state index contributed by atoms with van der Waals surface area (Å²) in [5.41, 5.74) is 0. The molecule has 5 heteroatoms. The zero-order valence-electron chi connectivity index (χ0n) is 9.30. The van der Waals surface area contributed by atoms with E-state index >= 15 is 0 Å². The molecule has 1 aromatic heterocycles. The molecule has 1 N–H and O–H groups in total. The Bertz CT molecular complexity index is 371. The van der Waals surface area contributed by atoms with Gasteiger partial charge in [0.25, 0.3) is 0 Å². The summed E-state index contributed by atoms with van der Waals surface area (Å²) in [5, 5.41) is 13.8. The van der Waals surface area contributed by atoms with Crippen molar-refractivity contribution in [2.75, 3.05) is 13.2 Å². The maximum atomic E-state index is 9.30. The fraction of sp³-hybridized carbons (Fsp3) is 0.818. The van der Waals surface area contributed by atoms with E-state index in [1.807, 2.05) is 4.68 Å². The van der Waals surface area contributed by atoms with Crippen molar-refractivity contribution >= 4 is 0 Å². The number of fused-ring (bicyclic) bond motifs is 1. The van der Waals surface area contributed by atoms with Crippen LogP contribution in [0.3, 0.4) is 0 Å². The standard InChI is InChI=1S/C11H17N3O2/c15-7-8-3-1-5-14-11(8)12-10(13-14)9-4-2-6-16-9/h8-9,15H,1-7H2. The lowest BCUT2D eigenvalue weighted by atomic mass is 10.0. The van der Waals surface area contributed by atoms with Crippen LogP contribution < -0.4 is 0 Å². The molecule has 1 aromatic rings. The van der Waals surface area contributed by atoms with Gasteiger partial charge in [-0.15, -0.1) is 0 Å². The third kappa shape index (κ3) is 1.64. The van der Waals surface area contributed by atoms with Gasteiger partial charge in [0.05, 0.1) is 6.61 Å². The molecule has 5 nitrogen and oxygen atoms in total. The number of hydrogen-bond acceptors (Lipinski definition) is 4. The van der Waals surface area contributed by atoms with Crippen LogP contribution in [0.1, 0.15) is 49.4 Å². The molecule has 0 spiro atoms. The van der Waals surface area contributed by atoms with Crippen molar-refractivity contribution in [1.82, 2.24) is 14.8 Å². The summed E-state index contributed by atoms with van der Waals surface area (Å²) < 4.78 is 7.53. The Hall–Kier alpha value is -0.940. The fourth-order valence-electron chi connectivity index (χ4n) is 2.55. The third-order valence-electron chi connectivity index (χ3n) is 3.44. The van der Waals surface area contributed by atoms with Crippen molar-refractivity contribution in [2.45, 2.75) is 44.2 Å². The first-order chi connectivity index (χ1) is 7.88. The van der Waals surface area contributed by atoms with Crippen molar-refractivity contribution in [1.29, 1.82) is 0 Å². The van der Waals surface area contributed by atoms with E-state index in [2.05, 4.69) is 10.1 Å². The summed E-state index contributed by atoms with van der Waals surface area (Å²) in [4.78, 5) is 4.55. The van der Waals surface area contributed by atoms with Gasteiger partial charge in [0, 0.05) is 19.1 Å². The summed E-state index contributed by atoms with van der Waals surface area (Å²) in [6.07, 6.45) is 4.29. The highest BCUT2D eigenvalue weighted by atomic mass is 16.5. The number of ether oxygens (including phenoxy) is 1. The molecule has 0 aromatic carbocycles. The Kier molecular flexibility index (Phi) is 2.65. The van der Waals surface area contributed by atoms with Crippen LogP contribution in [0.15, 0.2) is 0 Å². The fourth-order valence-corrected chi connectivity index (χ4v) is 2.55. The summed E-state index contributed by atoms with van der Waals surface area (Å²) in [5.74, 6) is 1.92. The molecule has 0 radical (unpaired) electrons. The van der Waals surface area contributed by atoms with Gasteiger partial charge in [-0.05, 0) is 25.7 Å². The lowest BCUT2D eigenvalue weighted by Gasteiger charge is -2.19. The average Bonchev–Trinajstić information content (AvgIpc) is 2.96. The molecule has 0 aliphatic carbocycles. The second-order valence-electron chi connectivity index (χ2n) is 4.57. The molecule has 0 bridgehead atoms. The van der Waals surface area contributed by atoms with Crippen LogP contribution in [0.2, 0.25) is 0 Å². The Labute approximate surface area is 94.4 Å². The molecule has 2 atom stereocenters. The van der Waals surface area contributed by atoms with Crippen molar-refractivity contribution < 1.29 is 9.84 Å². The van der Waals surface area contributed by atoms with Gasteiger partial charge >= 0.3 is 0 Å². The van der Waals surface area contributed by atoms with Gasteiger partial charge in [0.2, 0.25) is 0 Å². The van der Waals surface area contributed by atoms with Gasteiger partial charge < -0.3 is 9.84 Å². The van der Waals surface area contributed by atoms with Gasteiger partial charge in [0.15, 0.2) is 5.82 Å². The number of aromatic nitrogens is 3. The monoisotopic (exact) mass is 223 g/mol. The minimum Gasteiger partial charge on any atom is -0.396 e. The van der Waals surface area contributed by atoms with Gasteiger partial charge in [-0.1, -0.05) is 0 Å². The first-order valence-electron chi connectivity index (χ1n) is 6.05. The third-order valence-corrected chi connectivity index (χ3v) is 3.44. The molecule has 0 amide bonds. The highest BCUT2D eigenvalue weighted by molar-refractivity contribution is 5.05. The predicted octanol–water partition coefficient (Wildman–Crippen LogP) is 0.999. The first-order valence-corrected chi connectivity index (χ1v) is 6.05. The van der Waals surface area contributed by atoms with Crippen LogP contribution in [-0.4, -0.2) is 33.1 Å². The average molecular weight is 223 g/mol. The number of rotatable bonds is 2. The maximum Gasteiger partial charge on any atom is 0.179 e. The lowest BCUT2D eigenvalue weighted by Crippen LogP contribution is -2.19. The van der Waals surface area contributed by atoms with E-state index < -0.39 is 0 Å². The molecular weight excluding hydrogens is 206 g/mol. The largest absolute Gasteiger partial charge is 0.396 e. The Balaban J connectivity index is 1.89. The molecule has 3 rings (SSSR count). The lowest BCUT2D eigenvalue weighted by molar-refractivity contribution is 0.105. The number of aryl methyl sites for hydroxylation is 1. The van der Waals surface area contributed by atoms with E-state index in [1.54, 1.807) is 0 Å². The molecule has 2 unspecified atom stereocenters. The quantitative estimate of drug-likeness (QED) is 0.812. The number of aliphatic hydroxyl groups excluding tert-OH is 1. The molecule has 88 valence electrons. The molecule has 3 heterocycles. The Morgan fingerprint density at radius 3 is 3.06 bits per heavy atom. The van der Waals surface area contributed by atoms with Gasteiger partial charge in [-0.25, -0.2) is 9.67 Å². The van der Waals surface area contributed by atoms with Gasteiger partial charge in [0.1, 0.15) is 11.9 Å². The van der Waals surface area contributed by atoms with Crippen LogP contribution in [-0.2, 0) is 11.3 Å². The smallest absolute Gasteiger partial charge is 0.179 e. The van der Waals surface area contributed by atoms with Crippen LogP contribution in [0.5, 0.6) is 0 Å². The molecule has 0 saturated carbocycles. The van der Waals surface area contributed by atoms with E-state index in [1.165, 1.54) is 0 Å². The van der Waals surface area contributed by atoms with Crippen LogP contribution in [0, 0.1) is 0 Å². The van der Waals surface area contributed by atoms with Crippen LogP contribution in [0.25, 0.3) is 0 Å². The van der Waals surface area contributed by atoms with E-state index in [0.29, 0.717) is 0 Å². The summed E-state index contributed by atoms with van der Waals surface area (Å²) in [6, 6.07) is 0. The van der Waals surface area contributed by atoms with E-state index in [0.717, 1.165) is 50.5 Å². The van der Waals surface area contributed by atoms with E-state index in [4.69, 9.17) is 4.74 Å². The molecule has 1 fully saturated rings. The number of nitrogens with zero attached hydrogens (tertiary/aromatic N) is 3. The Morgan fingerprint density at radius 2 is 2.31 bits per heavy atom. The van der Waals surface area contributed by atoms with Crippen LogP contribution in [0.4, 0.5) is 0 Å². The predicted molar refractivity (Wildman–Crippen MR) is 57.0 cm³/mol. The number of aliphatic hydroxyl groups is 1. The SMILES string of the molecule is OCC1CCCn2nc(C3CCCO3)nc21. The molecule has 2 aliphatic heterocycles. The van der Waals surface area contributed by atoms with E-state index in [9.17, 15) is 5.11 Å². The molecular formula is C11H17N3O2. The first kappa shape index (κ1) is 10.2. The van der Waals surface area contributed by atoms with Crippen molar-refractivity contribution in [3.8, 4) is 0 Å². The number of hydrogen-bond donors (Lipinski definition) is 1. The highest BCUT2D eigenvalue weighted by Gasteiger charge is 2.28. The van der Waals surface area contributed by atoms with Crippen molar-refractivity contribution in [3.05, 3.63) is 11.6 Å². The molecule has 1 saturated heterocycles. The highest BCUT2D eigenvalue weighted by Crippen LogP contribution is 2.30. The van der Waals surface area contributed by atoms with Crippen molar-refractivity contribution in [2.24, 2.45) is 0 Å². The Morgan fingerprint density at radius 1 is 1.38 bits per heavy atom. The topological polar surface area (TPSA) is 60.2 Å². The summed E-state index contributed by atoms with van der Waals surface area (Å²) in [6.45, 7) is 1.91. The molecule has 16 heavy (non-hydrogen) atoms.